The molecule has 3 aliphatic carbocycles. The maximum atomic E-state index is 13.0. The highest BCUT2D eigenvalue weighted by molar-refractivity contribution is 5.90. The Morgan fingerprint density at radius 1 is 1.13 bits per heavy atom. The lowest BCUT2D eigenvalue weighted by atomic mass is 9.41. The maximum Gasteiger partial charge on any atom is 0.167 e. The molecule has 3 saturated carbocycles. The highest BCUT2D eigenvalue weighted by atomic mass is 16.4. The smallest absolute Gasteiger partial charge is 0.167 e. The number of carbonyl (C=O) groups is 1. The number of fused-ring (bicyclic) bond motifs is 3. The van der Waals surface area contributed by atoms with E-state index in [0.717, 1.165) is 32.1 Å². The van der Waals surface area contributed by atoms with Crippen LogP contribution in [0, 0.1) is 28.1 Å². The Hall–Kier alpha value is -0.670. The molecule has 3 fully saturated rings. The second-order valence-electron chi connectivity index (χ2n) is 9.56. The first-order valence-corrected chi connectivity index (χ1v) is 9.10. The summed E-state index contributed by atoms with van der Waals surface area (Å²) < 4.78 is 0. The van der Waals surface area contributed by atoms with Crippen LogP contribution < -0.4 is 0 Å². The van der Waals surface area contributed by atoms with Crippen molar-refractivity contribution in [1.29, 1.82) is 0 Å². The summed E-state index contributed by atoms with van der Waals surface area (Å²) in [7, 11) is 0. The fourth-order valence-electron chi connectivity index (χ4n) is 6.34. The third-order valence-electron chi connectivity index (χ3n) is 7.92. The number of hydrogen-bond acceptors (Lipinski definition) is 3. The van der Waals surface area contributed by atoms with Crippen LogP contribution in [0.1, 0.15) is 66.2 Å². The Morgan fingerprint density at radius 3 is 2.39 bits per heavy atom. The zero-order valence-corrected chi connectivity index (χ0v) is 15.1. The summed E-state index contributed by atoms with van der Waals surface area (Å²) in [5.74, 6) is -0.00844. The lowest BCUT2D eigenvalue weighted by Gasteiger charge is -2.64. The first kappa shape index (κ1) is 17.2. The second kappa shape index (κ2) is 4.92. The van der Waals surface area contributed by atoms with Crippen molar-refractivity contribution < 1.29 is 15.0 Å². The van der Waals surface area contributed by atoms with E-state index in [1.165, 1.54) is 0 Å². The Morgan fingerprint density at radius 2 is 1.78 bits per heavy atom. The molecule has 6 unspecified atom stereocenters. The zero-order valence-electron chi connectivity index (χ0n) is 15.1. The predicted molar refractivity (Wildman–Crippen MR) is 90.8 cm³/mol. The van der Waals surface area contributed by atoms with Crippen LogP contribution in [0.2, 0.25) is 0 Å². The minimum absolute atomic E-state index is 0.0755. The van der Waals surface area contributed by atoms with Gasteiger partial charge in [0, 0.05) is 17.8 Å². The van der Waals surface area contributed by atoms with Crippen molar-refractivity contribution in [3.8, 4) is 0 Å². The highest BCUT2D eigenvalue weighted by Crippen LogP contribution is 2.65. The van der Waals surface area contributed by atoms with Gasteiger partial charge in [0.15, 0.2) is 11.4 Å². The molecule has 0 saturated heterocycles. The Kier molecular flexibility index (Phi) is 3.67. The Bertz CT molecular complexity index is 539. The van der Waals surface area contributed by atoms with Crippen LogP contribution in [-0.4, -0.2) is 27.7 Å². The second-order valence-corrected chi connectivity index (χ2v) is 9.56. The van der Waals surface area contributed by atoms with Gasteiger partial charge in [-0.05, 0) is 42.4 Å². The predicted octanol–water partition coefficient (Wildman–Crippen LogP) is 3.49. The molecule has 0 bridgehead atoms. The molecule has 0 aromatic rings. The van der Waals surface area contributed by atoms with Gasteiger partial charge in [0.2, 0.25) is 0 Å². The van der Waals surface area contributed by atoms with E-state index in [9.17, 15) is 15.0 Å². The third kappa shape index (κ3) is 2.05. The fraction of sp³-hybridized carbons (Fsp3) is 0.850. The van der Waals surface area contributed by atoms with Crippen LogP contribution in [-0.2, 0) is 4.79 Å². The van der Waals surface area contributed by atoms with Crippen molar-refractivity contribution in [2.45, 2.75) is 77.9 Å². The van der Waals surface area contributed by atoms with Crippen LogP contribution in [0.25, 0.3) is 0 Å². The van der Waals surface area contributed by atoms with Gasteiger partial charge < -0.3 is 10.2 Å². The molecule has 0 heterocycles. The molecule has 0 amide bonds. The standard InChI is InChI=1S/C20H32O3/c1-6-18(4)11-8-13-19(5)10-7-9-17(2,3)14(19)12-15(21)20(13,23)16(18)22/h6,13-14,16,22-23H,1,7-12H2,2-5H3. The van der Waals surface area contributed by atoms with Crippen molar-refractivity contribution in [1.82, 2.24) is 0 Å². The number of Topliss-reactive ketones (excluding diaryl/α,β-unsaturated/α-hetero) is 1. The van der Waals surface area contributed by atoms with Crippen LogP contribution in [0.4, 0.5) is 0 Å². The van der Waals surface area contributed by atoms with E-state index in [2.05, 4.69) is 27.4 Å². The van der Waals surface area contributed by atoms with Crippen molar-refractivity contribution in [3.05, 3.63) is 12.7 Å². The van der Waals surface area contributed by atoms with E-state index in [0.29, 0.717) is 12.3 Å². The summed E-state index contributed by atoms with van der Waals surface area (Å²) in [5.41, 5.74) is -2.16. The van der Waals surface area contributed by atoms with Gasteiger partial charge in [0.25, 0.3) is 0 Å². The van der Waals surface area contributed by atoms with E-state index in [4.69, 9.17) is 0 Å². The number of ketones is 1. The fourth-order valence-corrected chi connectivity index (χ4v) is 6.34. The molecule has 130 valence electrons. The van der Waals surface area contributed by atoms with Gasteiger partial charge in [-0.2, -0.15) is 0 Å². The van der Waals surface area contributed by atoms with E-state index in [-0.39, 0.29) is 22.5 Å². The van der Waals surface area contributed by atoms with E-state index < -0.39 is 17.1 Å². The van der Waals surface area contributed by atoms with Gasteiger partial charge in [-0.3, -0.25) is 4.79 Å². The third-order valence-corrected chi connectivity index (χ3v) is 7.92. The summed E-state index contributed by atoms with van der Waals surface area (Å²) in [6.07, 6.45) is 5.93. The molecule has 23 heavy (non-hydrogen) atoms. The van der Waals surface area contributed by atoms with Crippen molar-refractivity contribution in [3.63, 3.8) is 0 Å². The molecule has 0 aromatic carbocycles. The van der Waals surface area contributed by atoms with Gasteiger partial charge in [0.05, 0.1) is 6.10 Å². The van der Waals surface area contributed by atoms with Crippen molar-refractivity contribution in [2.24, 2.45) is 28.1 Å². The van der Waals surface area contributed by atoms with Gasteiger partial charge in [-0.15, -0.1) is 6.58 Å². The average Bonchev–Trinajstić information content (AvgIpc) is 2.47. The maximum absolute atomic E-state index is 13.0. The molecule has 3 heteroatoms. The summed E-state index contributed by atoms with van der Waals surface area (Å²) in [6.45, 7) is 12.5. The van der Waals surface area contributed by atoms with Gasteiger partial charge in [-0.1, -0.05) is 40.2 Å². The number of aliphatic hydroxyl groups excluding tert-OH is 1. The minimum Gasteiger partial charge on any atom is -0.389 e. The summed E-state index contributed by atoms with van der Waals surface area (Å²) in [4.78, 5) is 13.0. The summed E-state index contributed by atoms with van der Waals surface area (Å²) >= 11 is 0. The largest absolute Gasteiger partial charge is 0.389 e. The van der Waals surface area contributed by atoms with E-state index in [1.54, 1.807) is 6.08 Å². The molecular weight excluding hydrogens is 288 g/mol. The van der Waals surface area contributed by atoms with Crippen LogP contribution in [0.5, 0.6) is 0 Å². The monoisotopic (exact) mass is 320 g/mol. The number of hydrogen-bond donors (Lipinski definition) is 2. The number of carbonyl (C=O) groups excluding carboxylic acids is 1. The van der Waals surface area contributed by atoms with Gasteiger partial charge >= 0.3 is 0 Å². The van der Waals surface area contributed by atoms with Gasteiger partial charge in [-0.25, -0.2) is 0 Å². The van der Waals surface area contributed by atoms with E-state index >= 15 is 0 Å². The lowest BCUT2D eigenvalue weighted by Crippen LogP contribution is -2.71. The van der Waals surface area contributed by atoms with Crippen LogP contribution in [0.15, 0.2) is 12.7 Å². The Labute approximate surface area is 140 Å². The normalized spacial score (nSPS) is 52.4. The molecule has 0 aromatic heterocycles. The van der Waals surface area contributed by atoms with Crippen LogP contribution >= 0.6 is 0 Å². The molecule has 3 nitrogen and oxygen atoms in total. The quantitative estimate of drug-likeness (QED) is 0.727. The molecular formula is C20H32O3. The van der Waals surface area contributed by atoms with E-state index in [1.807, 2.05) is 6.92 Å². The summed E-state index contributed by atoms with van der Waals surface area (Å²) in [6, 6.07) is 0. The average molecular weight is 320 g/mol. The first-order valence-electron chi connectivity index (χ1n) is 9.10. The lowest BCUT2D eigenvalue weighted by molar-refractivity contribution is -0.237. The molecule has 2 N–H and O–H groups in total. The molecule has 6 atom stereocenters. The highest BCUT2D eigenvalue weighted by Gasteiger charge is 2.68. The first-order chi connectivity index (χ1) is 10.5. The molecule has 0 aliphatic heterocycles. The topological polar surface area (TPSA) is 57.5 Å². The SMILES string of the molecule is C=CC1(C)CCC2C3(C)CCCC(C)(C)C3CC(=O)C2(O)C1O. The van der Waals surface area contributed by atoms with Crippen molar-refractivity contribution >= 4 is 5.78 Å². The van der Waals surface area contributed by atoms with Crippen LogP contribution in [0.3, 0.4) is 0 Å². The minimum atomic E-state index is -1.61. The molecule has 0 radical (unpaired) electrons. The molecule has 3 rings (SSSR count). The van der Waals surface area contributed by atoms with Gasteiger partial charge in [0.1, 0.15) is 0 Å². The molecule has 0 spiro atoms. The Balaban J connectivity index is 2.08. The molecule has 3 aliphatic rings. The summed E-state index contributed by atoms with van der Waals surface area (Å²) in [5, 5.41) is 22.4. The number of aliphatic hydroxyl groups is 2. The zero-order chi connectivity index (χ0) is 17.3. The van der Waals surface area contributed by atoms with Crippen molar-refractivity contribution in [2.75, 3.05) is 0 Å². The number of rotatable bonds is 1.